The summed E-state index contributed by atoms with van der Waals surface area (Å²) in [5, 5.41) is 1.09. The largest absolute Gasteiger partial charge is 0.494 e. The van der Waals surface area contributed by atoms with Crippen molar-refractivity contribution in [2.45, 2.75) is 44.3 Å². The van der Waals surface area contributed by atoms with Gasteiger partial charge in [0.2, 0.25) is 0 Å². The molecule has 0 unspecified atom stereocenters. The molecule has 1 amide bonds. The van der Waals surface area contributed by atoms with E-state index < -0.39 is 0 Å². The number of aryl methyl sites for hydroxylation is 1. The highest BCUT2D eigenvalue weighted by Gasteiger charge is 2.47. The molecular weight excluding hydrogens is 557 g/mol. The number of rotatable bonds is 7. The van der Waals surface area contributed by atoms with Crippen molar-refractivity contribution in [2.24, 2.45) is 24.6 Å². The van der Waals surface area contributed by atoms with Crippen molar-refractivity contribution < 1.29 is 18.7 Å². The maximum Gasteiger partial charge on any atom is 0.254 e. The molecule has 3 atom stereocenters. The molecule has 0 spiro atoms. The van der Waals surface area contributed by atoms with E-state index in [1.54, 1.807) is 13.2 Å². The van der Waals surface area contributed by atoms with Gasteiger partial charge in [0, 0.05) is 48.7 Å². The van der Waals surface area contributed by atoms with Gasteiger partial charge in [0.05, 0.1) is 25.4 Å². The number of halogens is 1. The zero-order valence-corrected chi connectivity index (χ0v) is 25.2. The Morgan fingerprint density at radius 1 is 0.977 bits per heavy atom. The van der Waals surface area contributed by atoms with E-state index in [0.29, 0.717) is 29.7 Å². The third-order valence-electron chi connectivity index (χ3n) is 10.1. The van der Waals surface area contributed by atoms with Crippen LogP contribution in [0.15, 0.2) is 54.6 Å². The molecule has 8 nitrogen and oxygen atoms in total. The van der Waals surface area contributed by atoms with E-state index in [1.165, 1.54) is 26.0 Å². The number of imidazole rings is 1. The van der Waals surface area contributed by atoms with Crippen LogP contribution in [0, 0.1) is 17.7 Å². The first-order chi connectivity index (χ1) is 21.3. The summed E-state index contributed by atoms with van der Waals surface area (Å²) >= 11 is 0. The lowest BCUT2D eigenvalue weighted by Crippen LogP contribution is -2.41. The van der Waals surface area contributed by atoms with Crippen molar-refractivity contribution in [1.29, 1.82) is 0 Å². The van der Waals surface area contributed by atoms with Crippen LogP contribution in [0.25, 0.3) is 44.6 Å². The summed E-state index contributed by atoms with van der Waals surface area (Å²) in [7, 11) is 5.10. The second-order valence-corrected chi connectivity index (χ2v) is 12.7. The summed E-state index contributed by atoms with van der Waals surface area (Å²) in [6.07, 6.45) is 4.46. The van der Waals surface area contributed by atoms with Gasteiger partial charge in [-0.3, -0.25) is 4.79 Å². The van der Waals surface area contributed by atoms with E-state index in [-0.39, 0.29) is 29.6 Å². The van der Waals surface area contributed by atoms with Gasteiger partial charge in [0.1, 0.15) is 11.3 Å². The topological polar surface area (TPSA) is 87.5 Å². The monoisotopic (exact) mass is 593 g/mol. The summed E-state index contributed by atoms with van der Waals surface area (Å²) in [5.41, 5.74) is 12.4. The molecule has 2 saturated carbocycles. The van der Waals surface area contributed by atoms with Crippen LogP contribution in [0.4, 0.5) is 4.39 Å². The number of hydrogen-bond donors (Lipinski definition) is 1. The molecule has 3 aliphatic rings. The van der Waals surface area contributed by atoms with Crippen molar-refractivity contribution >= 4 is 27.8 Å². The highest BCUT2D eigenvalue weighted by Crippen LogP contribution is 2.41. The van der Waals surface area contributed by atoms with Crippen LogP contribution in [-0.4, -0.2) is 57.8 Å². The fraction of sp³-hybridized carbons (Fsp3) is 0.371. The molecule has 3 aromatic carbocycles. The molecule has 44 heavy (non-hydrogen) atoms. The smallest absolute Gasteiger partial charge is 0.254 e. The summed E-state index contributed by atoms with van der Waals surface area (Å²) in [4.78, 5) is 20.8. The predicted octanol–water partition coefficient (Wildman–Crippen LogP) is 5.99. The Bertz CT molecular complexity index is 1960. The first-order valence-corrected chi connectivity index (χ1v) is 15.4. The maximum absolute atomic E-state index is 14.6. The lowest BCUT2D eigenvalue weighted by molar-refractivity contribution is 0.0700. The van der Waals surface area contributed by atoms with E-state index in [4.69, 9.17) is 20.2 Å². The van der Waals surface area contributed by atoms with Gasteiger partial charge in [-0.05, 0) is 85.0 Å². The number of methoxy groups -OCH3 is 2. The highest BCUT2D eigenvalue weighted by atomic mass is 19.1. The van der Waals surface area contributed by atoms with Crippen molar-refractivity contribution in [3.05, 3.63) is 66.0 Å². The molecule has 3 fully saturated rings. The zero-order chi connectivity index (χ0) is 30.3. The summed E-state index contributed by atoms with van der Waals surface area (Å²) in [6, 6.07) is 17.4. The first-order valence-electron chi connectivity index (χ1n) is 15.4. The molecule has 1 aliphatic heterocycles. The average Bonchev–Trinajstić information content (AvgIpc) is 3.44. The van der Waals surface area contributed by atoms with Crippen LogP contribution in [0.5, 0.6) is 11.5 Å². The number of nitrogens with zero attached hydrogens (tertiary/aromatic N) is 4. The quantitative estimate of drug-likeness (QED) is 0.251. The van der Waals surface area contributed by atoms with Crippen LogP contribution in [0.3, 0.4) is 0 Å². The van der Waals surface area contributed by atoms with Crippen LogP contribution in [-0.2, 0) is 13.6 Å². The van der Waals surface area contributed by atoms with Crippen molar-refractivity contribution in [1.82, 2.24) is 19.0 Å². The second kappa shape index (κ2) is 10.1. The van der Waals surface area contributed by atoms with Gasteiger partial charge in [-0.2, -0.15) is 0 Å². The predicted molar refractivity (Wildman–Crippen MR) is 168 cm³/mol. The van der Waals surface area contributed by atoms with Gasteiger partial charge in [-0.25, -0.2) is 9.37 Å². The molecule has 0 radical (unpaired) electrons. The van der Waals surface area contributed by atoms with E-state index >= 15 is 0 Å². The number of carbonyl (C=O) groups is 1. The minimum atomic E-state index is -0.384. The molecule has 2 bridgehead atoms. The van der Waals surface area contributed by atoms with Gasteiger partial charge in [-0.1, -0.05) is 18.2 Å². The van der Waals surface area contributed by atoms with Gasteiger partial charge >= 0.3 is 0 Å². The number of ether oxygens (including phenoxy) is 2. The first kappa shape index (κ1) is 27.2. The third kappa shape index (κ3) is 4.20. The number of likely N-dealkylation sites (tertiary alicyclic amines) is 1. The Morgan fingerprint density at radius 2 is 1.75 bits per heavy atom. The van der Waals surface area contributed by atoms with Gasteiger partial charge in [0.25, 0.3) is 5.91 Å². The Morgan fingerprint density at radius 3 is 2.43 bits per heavy atom. The number of piperidine rings is 1. The molecular formula is C35H36FN5O3. The number of nitrogens with two attached hydrogens (primary N) is 1. The number of fused-ring (bicyclic) bond motifs is 4. The van der Waals surface area contributed by atoms with Crippen LogP contribution in [0.2, 0.25) is 0 Å². The Hall–Kier alpha value is -4.37. The number of aromatic nitrogens is 3. The molecule has 5 aromatic rings. The second-order valence-electron chi connectivity index (χ2n) is 12.7. The van der Waals surface area contributed by atoms with Crippen LogP contribution in [0.1, 0.15) is 36.0 Å². The van der Waals surface area contributed by atoms with E-state index in [0.717, 1.165) is 64.0 Å². The minimum Gasteiger partial charge on any atom is -0.494 e. The van der Waals surface area contributed by atoms with E-state index in [1.807, 2.05) is 36.2 Å². The summed E-state index contributed by atoms with van der Waals surface area (Å²) < 4.78 is 30.0. The minimum absolute atomic E-state index is 0.00889. The van der Waals surface area contributed by atoms with Crippen molar-refractivity contribution in [3.63, 3.8) is 0 Å². The van der Waals surface area contributed by atoms with Gasteiger partial charge < -0.3 is 29.2 Å². The van der Waals surface area contributed by atoms with E-state index in [2.05, 4.69) is 27.3 Å². The maximum atomic E-state index is 14.6. The SMILES string of the molecule is COc1ccc(-c2ccc3cc(-c4nc5cc(C(=O)N6C[C@H]7CC[C@@H]6[C@@H]7N)cc(OC)c5n4C)n(CC4CC4)c3c2)cc1F. The standard InChI is InChI=1S/C35H36FN5O3/c1-39-33-26(13-24(16-31(33)44-3)35(42)41-18-23-8-10-27(41)32(23)37)38-34(39)29-15-22-7-6-21(14-28(22)40(29)17-19-4-5-19)20-9-11-30(43-2)25(36)12-20/h6-7,9,11-16,19,23,27,32H,4-5,8,10,17-18,37H2,1-3H3/t23-,27-,32-/m1/s1. The van der Waals surface area contributed by atoms with Gasteiger partial charge in [0.15, 0.2) is 17.4 Å². The molecule has 9 heteroatoms. The third-order valence-corrected chi connectivity index (χ3v) is 10.1. The molecule has 2 N–H and O–H groups in total. The molecule has 1 saturated heterocycles. The lowest BCUT2D eigenvalue weighted by Gasteiger charge is -2.27. The summed E-state index contributed by atoms with van der Waals surface area (Å²) in [6.45, 7) is 1.59. The average molecular weight is 594 g/mol. The molecule has 226 valence electrons. The Balaban J connectivity index is 1.23. The fourth-order valence-corrected chi connectivity index (χ4v) is 7.49. The number of carbonyl (C=O) groups excluding carboxylic acids is 1. The van der Waals surface area contributed by atoms with Gasteiger partial charge in [-0.15, -0.1) is 0 Å². The molecule has 8 rings (SSSR count). The number of amides is 1. The lowest BCUT2D eigenvalue weighted by atomic mass is 10.0. The Kier molecular flexibility index (Phi) is 6.24. The Labute approximate surface area is 255 Å². The van der Waals surface area contributed by atoms with Crippen molar-refractivity contribution in [2.75, 3.05) is 20.8 Å². The van der Waals surface area contributed by atoms with Crippen molar-refractivity contribution in [3.8, 4) is 34.1 Å². The van der Waals surface area contributed by atoms with Crippen LogP contribution < -0.4 is 15.2 Å². The molecule has 2 aromatic heterocycles. The normalized spacial score (nSPS) is 21.1. The zero-order valence-electron chi connectivity index (χ0n) is 25.2. The summed E-state index contributed by atoms with van der Waals surface area (Å²) in [5.74, 6) is 2.26. The van der Waals surface area contributed by atoms with E-state index in [9.17, 15) is 9.18 Å². The molecule has 3 heterocycles. The fourth-order valence-electron chi connectivity index (χ4n) is 7.49. The highest BCUT2D eigenvalue weighted by molar-refractivity contribution is 6.00. The number of hydrogen-bond acceptors (Lipinski definition) is 5. The molecule has 2 aliphatic carbocycles. The number of benzene rings is 3. The van der Waals surface area contributed by atoms with Crippen LogP contribution >= 0.6 is 0 Å².